The third-order valence-corrected chi connectivity index (χ3v) is 2.43. The zero-order chi connectivity index (χ0) is 12.5. The fourth-order valence-corrected chi connectivity index (χ4v) is 1.37. The van der Waals surface area contributed by atoms with Crippen LogP contribution in [0.5, 0.6) is 0 Å². The van der Waals surface area contributed by atoms with Crippen molar-refractivity contribution in [3.05, 3.63) is 0 Å². The number of alkyl halides is 8. The molecule has 9 heteroatoms. The van der Waals surface area contributed by atoms with E-state index in [1.165, 1.54) is 0 Å². The number of aliphatic hydroxyl groups excluding tert-OH is 1. The van der Waals surface area contributed by atoms with Gasteiger partial charge in [0, 0.05) is 10.3 Å². The molecule has 1 nitrogen and oxygen atoms in total. The lowest BCUT2D eigenvalue weighted by Crippen LogP contribution is -2.54. The van der Waals surface area contributed by atoms with Crippen molar-refractivity contribution in [2.45, 2.75) is 28.4 Å². The second-order valence-corrected chi connectivity index (χ2v) is 4.54. The molecule has 0 amide bonds. The van der Waals surface area contributed by atoms with Crippen molar-refractivity contribution in [1.29, 1.82) is 0 Å². The molecule has 0 spiro atoms. The third-order valence-electron chi connectivity index (χ3n) is 1.60. The van der Waals surface area contributed by atoms with Crippen molar-refractivity contribution in [3.63, 3.8) is 0 Å². The quantitative estimate of drug-likeness (QED) is 0.470. The van der Waals surface area contributed by atoms with Crippen LogP contribution in [0.2, 0.25) is 0 Å². The minimum atomic E-state index is -6.04. The summed E-state index contributed by atoms with van der Waals surface area (Å²) in [5.74, 6) is 0. The van der Waals surface area contributed by atoms with Gasteiger partial charge in [-0.05, 0) is 0 Å². The maximum atomic E-state index is 12.9. The molecule has 0 saturated heterocycles. The number of hydrogen-bond acceptors (Lipinski definition) is 1. The van der Waals surface area contributed by atoms with Crippen LogP contribution in [0.15, 0.2) is 0 Å². The molecule has 0 aliphatic carbocycles. The molecule has 1 N–H and O–H groups in total. The fourth-order valence-electron chi connectivity index (χ4n) is 0.762. The minimum Gasteiger partial charge on any atom is -0.395 e. The first-order chi connectivity index (χ1) is 6.45. The zero-order valence-electron chi connectivity index (χ0n) is 6.96. The van der Waals surface area contributed by atoms with E-state index in [9.17, 15) is 30.7 Å². The summed E-state index contributed by atoms with van der Waals surface area (Å²) < 4.78 is 82.9. The van der Waals surface area contributed by atoms with Gasteiger partial charge in [0.15, 0.2) is 0 Å². The summed E-state index contributed by atoms with van der Waals surface area (Å²) in [5.41, 5.74) is -5.27. The lowest BCUT2D eigenvalue weighted by atomic mass is 9.98. The topological polar surface area (TPSA) is 20.2 Å². The van der Waals surface area contributed by atoms with E-state index < -0.39 is 35.0 Å². The summed E-state index contributed by atoms with van der Waals surface area (Å²) in [7, 11) is 0. The normalized spacial score (nSPS) is 16.6. The Bertz CT molecular complexity index is 197. The third kappa shape index (κ3) is 3.33. The van der Waals surface area contributed by atoms with Crippen LogP contribution < -0.4 is 0 Å². The van der Waals surface area contributed by atoms with Gasteiger partial charge in [-0.25, -0.2) is 4.39 Å². The highest BCUT2D eigenvalue weighted by Gasteiger charge is 2.72. The lowest BCUT2D eigenvalue weighted by Gasteiger charge is -2.31. The molecule has 0 fully saturated rings. The Labute approximate surface area is 93.8 Å². The van der Waals surface area contributed by atoms with Crippen LogP contribution in [0.1, 0.15) is 6.42 Å². The van der Waals surface area contributed by atoms with Gasteiger partial charge in [0.05, 0.1) is 6.61 Å². The highest BCUT2D eigenvalue weighted by atomic mass is 127. The Balaban J connectivity index is 5.06. The van der Waals surface area contributed by atoms with E-state index in [2.05, 4.69) is 0 Å². The summed E-state index contributed by atoms with van der Waals surface area (Å²) in [6.45, 7) is -0.960. The Morgan fingerprint density at radius 2 is 1.27 bits per heavy atom. The predicted molar refractivity (Wildman–Crippen MR) is 45.5 cm³/mol. The van der Waals surface area contributed by atoms with Gasteiger partial charge in [0.2, 0.25) is 0 Å². The van der Waals surface area contributed by atoms with Gasteiger partial charge < -0.3 is 5.11 Å². The zero-order valence-corrected chi connectivity index (χ0v) is 9.12. The summed E-state index contributed by atoms with van der Waals surface area (Å²) in [6, 6.07) is 0. The first-order valence-electron chi connectivity index (χ1n) is 3.53. The predicted octanol–water partition coefficient (Wildman–Crippen LogP) is 3.01. The van der Waals surface area contributed by atoms with E-state index in [-0.39, 0.29) is 0 Å². The molecule has 0 bridgehead atoms. The van der Waals surface area contributed by atoms with E-state index in [0.29, 0.717) is 0 Å². The van der Waals surface area contributed by atoms with E-state index >= 15 is 0 Å². The molecule has 0 saturated carbocycles. The maximum absolute atomic E-state index is 12.9. The van der Waals surface area contributed by atoms with Crippen molar-refractivity contribution in [2.24, 2.45) is 0 Å². The van der Waals surface area contributed by atoms with Crippen LogP contribution >= 0.6 is 22.6 Å². The molecule has 0 rings (SSSR count). The van der Waals surface area contributed by atoms with Crippen LogP contribution in [0.25, 0.3) is 0 Å². The average Bonchev–Trinajstić information content (AvgIpc) is 1.99. The SMILES string of the molecule is OC[C@H](I)CC(F)(C(F)(F)F)C(F)(F)F. The summed E-state index contributed by atoms with van der Waals surface area (Å²) in [6.07, 6.45) is -13.9. The first-order valence-corrected chi connectivity index (χ1v) is 4.77. The Morgan fingerprint density at radius 3 is 1.47 bits per heavy atom. The molecule has 0 aromatic heterocycles. The van der Waals surface area contributed by atoms with Crippen LogP contribution in [0.3, 0.4) is 0 Å². The van der Waals surface area contributed by atoms with Crippen molar-refractivity contribution in [2.75, 3.05) is 6.61 Å². The summed E-state index contributed by atoms with van der Waals surface area (Å²) in [5, 5.41) is 8.32. The molecule has 0 aliphatic heterocycles. The molecule has 15 heavy (non-hydrogen) atoms. The second-order valence-electron chi connectivity index (χ2n) is 2.78. The van der Waals surface area contributed by atoms with E-state index in [4.69, 9.17) is 5.11 Å². The van der Waals surface area contributed by atoms with Crippen molar-refractivity contribution in [3.8, 4) is 0 Å². The standard InChI is InChI=1S/C6H6F7IO/c7-4(5(8,9)10,6(11,12)13)1-3(14)2-15/h3,15H,1-2H2/t3-/m1/s1. The van der Waals surface area contributed by atoms with E-state index in [1.54, 1.807) is 0 Å². The van der Waals surface area contributed by atoms with Gasteiger partial charge >= 0.3 is 12.4 Å². The molecule has 0 aliphatic rings. The van der Waals surface area contributed by atoms with Gasteiger partial charge in [-0.3, -0.25) is 0 Å². The lowest BCUT2D eigenvalue weighted by molar-refractivity contribution is -0.343. The maximum Gasteiger partial charge on any atom is 0.431 e. The summed E-state index contributed by atoms with van der Waals surface area (Å²) in [4.78, 5) is 0. The number of aliphatic hydroxyl groups is 1. The van der Waals surface area contributed by atoms with E-state index in [1.807, 2.05) is 0 Å². The monoisotopic (exact) mass is 354 g/mol. The van der Waals surface area contributed by atoms with Gasteiger partial charge in [0.1, 0.15) is 0 Å². The van der Waals surface area contributed by atoms with Gasteiger partial charge in [0.25, 0.3) is 5.67 Å². The van der Waals surface area contributed by atoms with Crippen LogP contribution in [0.4, 0.5) is 30.7 Å². The summed E-state index contributed by atoms with van der Waals surface area (Å²) >= 11 is 1.12. The van der Waals surface area contributed by atoms with Gasteiger partial charge in [-0.1, -0.05) is 22.6 Å². The minimum absolute atomic E-state index is 0.960. The Kier molecular flexibility index (Phi) is 4.66. The molecule has 0 unspecified atom stereocenters. The Hall–Kier alpha value is 0.200. The molecular formula is C6H6F7IO. The van der Waals surface area contributed by atoms with Crippen molar-refractivity contribution < 1.29 is 35.8 Å². The highest BCUT2D eigenvalue weighted by molar-refractivity contribution is 14.1. The molecule has 0 heterocycles. The van der Waals surface area contributed by atoms with Crippen molar-refractivity contribution in [1.82, 2.24) is 0 Å². The van der Waals surface area contributed by atoms with Gasteiger partial charge in [-0.15, -0.1) is 0 Å². The smallest absolute Gasteiger partial charge is 0.395 e. The molecular weight excluding hydrogens is 348 g/mol. The van der Waals surface area contributed by atoms with Crippen molar-refractivity contribution >= 4 is 22.6 Å². The number of hydrogen-bond donors (Lipinski definition) is 1. The second kappa shape index (κ2) is 4.60. The van der Waals surface area contributed by atoms with Crippen LogP contribution in [-0.2, 0) is 0 Å². The first kappa shape index (κ1) is 15.2. The molecule has 92 valence electrons. The number of halogens is 8. The van der Waals surface area contributed by atoms with E-state index in [0.717, 1.165) is 22.6 Å². The molecule has 0 aromatic rings. The van der Waals surface area contributed by atoms with Crippen LogP contribution in [-0.4, -0.2) is 33.7 Å². The van der Waals surface area contributed by atoms with Crippen LogP contribution in [0, 0.1) is 0 Å². The Morgan fingerprint density at radius 1 is 0.933 bits per heavy atom. The van der Waals surface area contributed by atoms with Gasteiger partial charge in [-0.2, -0.15) is 26.3 Å². The molecule has 1 atom stereocenters. The average molecular weight is 354 g/mol. The number of rotatable bonds is 3. The molecule has 0 aromatic carbocycles. The largest absolute Gasteiger partial charge is 0.431 e. The molecule has 0 radical (unpaired) electrons. The fraction of sp³-hybridized carbons (Fsp3) is 1.00. The highest BCUT2D eigenvalue weighted by Crippen LogP contribution is 2.49.